The summed E-state index contributed by atoms with van der Waals surface area (Å²) < 4.78 is 0. The predicted molar refractivity (Wildman–Crippen MR) is 115 cm³/mol. The van der Waals surface area contributed by atoms with Gasteiger partial charge in [0, 0.05) is 12.2 Å². The van der Waals surface area contributed by atoms with Crippen LogP contribution in [0.1, 0.15) is 87.8 Å². The summed E-state index contributed by atoms with van der Waals surface area (Å²) >= 11 is 0. The molecule has 28 heavy (non-hydrogen) atoms. The lowest BCUT2D eigenvalue weighted by atomic mass is 9.99. The molecule has 4 heteroatoms. The lowest BCUT2D eigenvalue weighted by molar-refractivity contribution is -0.132. The molecule has 0 aliphatic carbocycles. The lowest BCUT2D eigenvalue weighted by Gasteiger charge is -2.06. The third-order valence-corrected chi connectivity index (χ3v) is 4.69. The summed E-state index contributed by atoms with van der Waals surface area (Å²) in [5, 5.41) is 17.6. The van der Waals surface area contributed by atoms with Crippen LogP contribution in [-0.4, -0.2) is 22.2 Å². The van der Waals surface area contributed by atoms with Gasteiger partial charge >= 0.3 is 11.9 Å². The maximum absolute atomic E-state index is 10.7. The fraction of sp³-hybridized carbons (Fsp3) is 0.500. The van der Waals surface area contributed by atoms with Crippen molar-refractivity contribution in [2.24, 2.45) is 0 Å². The highest BCUT2D eigenvalue weighted by Gasteiger charge is 2.01. The van der Waals surface area contributed by atoms with E-state index >= 15 is 0 Å². The average molecular weight is 387 g/mol. The van der Waals surface area contributed by atoms with E-state index in [1.165, 1.54) is 57.8 Å². The Morgan fingerprint density at radius 2 is 1.14 bits per heavy atom. The second-order valence-electron chi connectivity index (χ2n) is 7.28. The Morgan fingerprint density at radius 1 is 0.714 bits per heavy atom. The normalized spacial score (nSPS) is 11.5. The number of aliphatic carboxylic acids is 2. The smallest absolute Gasteiger partial charge is 0.328 e. The molecule has 0 unspecified atom stereocenters. The Hall–Kier alpha value is -2.36. The summed E-state index contributed by atoms with van der Waals surface area (Å²) in [5.74, 6) is -1.99. The van der Waals surface area contributed by atoms with Gasteiger partial charge in [-0.1, -0.05) is 76.8 Å². The first-order valence-electron chi connectivity index (χ1n) is 10.5. The molecule has 1 aromatic rings. The van der Waals surface area contributed by atoms with Gasteiger partial charge in [-0.15, -0.1) is 0 Å². The van der Waals surface area contributed by atoms with Crippen LogP contribution < -0.4 is 0 Å². The molecule has 154 valence electrons. The number of hydrogen-bond donors (Lipinski definition) is 2. The summed E-state index contributed by atoms with van der Waals surface area (Å²) in [7, 11) is 0. The van der Waals surface area contributed by atoms with Crippen molar-refractivity contribution in [1.29, 1.82) is 0 Å². The van der Waals surface area contributed by atoms with Crippen molar-refractivity contribution in [1.82, 2.24) is 0 Å². The highest BCUT2D eigenvalue weighted by atomic mass is 16.4. The third kappa shape index (κ3) is 12.1. The van der Waals surface area contributed by atoms with Crippen LogP contribution in [-0.2, 0) is 16.0 Å². The summed E-state index contributed by atoms with van der Waals surface area (Å²) in [5.41, 5.74) is 2.66. The van der Waals surface area contributed by atoms with Gasteiger partial charge in [0.1, 0.15) is 0 Å². The van der Waals surface area contributed by atoms with Gasteiger partial charge in [0.25, 0.3) is 0 Å². The molecule has 0 aromatic heterocycles. The van der Waals surface area contributed by atoms with E-state index in [1.807, 2.05) is 12.1 Å². The van der Waals surface area contributed by atoms with Gasteiger partial charge in [0.2, 0.25) is 0 Å². The van der Waals surface area contributed by atoms with E-state index in [1.54, 1.807) is 18.2 Å². The van der Waals surface area contributed by atoms with Crippen molar-refractivity contribution in [3.8, 4) is 0 Å². The molecule has 0 bridgehead atoms. The molecule has 4 nitrogen and oxygen atoms in total. The number of hydrogen-bond acceptors (Lipinski definition) is 2. The van der Waals surface area contributed by atoms with Gasteiger partial charge in [-0.05, 0) is 47.8 Å². The standard InChI is InChI=1S/C24H34O4/c1-2-3-4-5-6-7-8-9-10-11-12-20-17-21(13-15-23(25)26)19-22(18-20)14-16-24(27)28/h13-19H,2-12H2,1H3,(H,25,26)(H,27,28). The maximum atomic E-state index is 10.7. The Morgan fingerprint density at radius 3 is 1.57 bits per heavy atom. The summed E-state index contributed by atoms with van der Waals surface area (Å²) in [6, 6.07) is 5.75. The van der Waals surface area contributed by atoms with E-state index in [-0.39, 0.29) is 0 Å². The molecule has 0 spiro atoms. The molecule has 0 aliphatic heterocycles. The topological polar surface area (TPSA) is 74.6 Å². The molecule has 0 fully saturated rings. The van der Waals surface area contributed by atoms with Gasteiger partial charge < -0.3 is 10.2 Å². The van der Waals surface area contributed by atoms with Crippen LogP contribution in [0.2, 0.25) is 0 Å². The monoisotopic (exact) mass is 386 g/mol. The zero-order valence-electron chi connectivity index (χ0n) is 17.0. The minimum atomic E-state index is -0.997. The van der Waals surface area contributed by atoms with Crippen LogP contribution in [0.25, 0.3) is 12.2 Å². The first-order chi connectivity index (χ1) is 13.5. The lowest BCUT2D eigenvalue weighted by Crippen LogP contribution is -1.92. The first-order valence-corrected chi connectivity index (χ1v) is 10.5. The van der Waals surface area contributed by atoms with E-state index in [9.17, 15) is 9.59 Å². The molecule has 0 aliphatic rings. The summed E-state index contributed by atoms with van der Waals surface area (Å²) in [6.45, 7) is 2.24. The molecule has 0 heterocycles. The van der Waals surface area contributed by atoms with Crippen molar-refractivity contribution < 1.29 is 19.8 Å². The largest absolute Gasteiger partial charge is 0.478 e. The van der Waals surface area contributed by atoms with Gasteiger partial charge in [-0.25, -0.2) is 9.59 Å². The van der Waals surface area contributed by atoms with Crippen molar-refractivity contribution in [3.63, 3.8) is 0 Å². The van der Waals surface area contributed by atoms with Gasteiger partial charge in [-0.2, -0.15) is 0 Å². The van der Waals surface area contributed by atoms with Crippen LogP contribution in [0, 0.1) is 0 Å². The minimum Gasteiger partial charge on any atom is -0.478 e. The van der Waals surface area contributed by atoms with Crippen molar-refractivity contribution in [2.75, 3.05) is 0 Å². The zero-order chi connectivity index (χ0) is 20.6. The zero-order valence-corrected chi connectivity index (χ0v) is 17.0. The van der Waals surface area contributed by atoms with E-state index in [0.717, 1.165) is 41.7 Å². The van der Waals surface area contributed by atoms with E-state index in [0.29, 0.717) is 0 Å². The molecule has 2 N–H and O–H groups in total. The van der Waals surface area contributed by atoms with Gasteiger partial charge in [-0.3, -0.25) is 0 Å². The molecule has 0 amide bonds. The SMILES string of the molecule is CCCCCCCCCCCCc1cc(C=CC(=O)O)cc(C=CC(=O)O)c1. The van der Waals surface area contributed by atoms with E-state index < -0.39 is 11.9 Å². The van der Waals surface area contributed by atoms with Crippen LogP contribution in [0.4, 0.5) is 0 Å². The Kier molecular flexibility index (Phi) is 12.4. The Bertz CT molecular complexity index is 616. The quantitative estimate of drug-likeness (QED) is 0.272. The van der Waals surface area contributed by atoms with Crippen LogP contribution in [0.15, 0.2) is 30.4 Å². The van der Waals surface area contributed by atoms with Crippen LogP contribution in [0.3, 0.4) is 0 Å². The highest BCUT2D eigenvalue weighted by Crippen LogP contribution is 2.17. The molecule has 0 saturated heterocycles. The molecule has 1 aromatic carbocycles. The Labute approximate surface area is 169 Å². The van der Waals surface area contributed by atoms with E-state index in [4.69, 9.17) is 10.2 Å². The Balaban J connectivity index is 2.47. The number of aryl methyl sites for hydroxylation is 1. The van der Waals surface area contributed by atoms with Crippen molar-refractivity contribution in [2.45, 2.75) is 77.6 Å². The number of unbranched alkanes of at least 4 members (excludes halogenated alkanes) is 9. The average Bonchev–Trinajstić information content (AvgIpc) is 2.66. The highest BCUT2D eigenvalue weighted by molar-refractivity contribution is 5.87. The summed E-state index contributed by atoms with van der Waals surface area (Å²) in [4.78, 5) is 21.5. The molecular formula is C24H34O4. The molecule has 0 radical (unpaired) electrons. The molecular weight excluding hydrogens is 352 g/mol. The first kappa shape index (κ1) is 23.7. The van der Waals surface area contributed by atoms with Crippen LogP contribution >= 0.6 is 0 Å². The molecule has 0 saturated carbocycles. The number of carbonyl (C=O) groups is 2. The fourth-order valence-corrected chi connectivity index (χ4v) is 3.23. The van der Waals surface area contributed by atoms with Crippen LogP contribution in [0.5, 0.6) is 0 Å². The predicted octanol–water partition coefficient (Wildman–Crippen LogP) is 6.35. The second kappa shape index (κ2) is 14.7. The summed E-state index contributed by atoms with van der Waals surface area (Å²) in [6.07, 6.45) is 19.1. The molecule has 0 atom stereocenters. The van der Waals surface area contributed by atoms with E-state index in [2.05, 4.69) is 6.92 Å². The number of carboxylic acids is 2. The van der Waals surface area contributed by atoms with Crippen molar-refractivity contribution in [3.05, 3.63) is 47.0 Å². The fourth-order valence-electron chi connectivity index (χ4n) is 3.23. The third-order valence-electron chi connectivity index (χ3n) is 4.69. The minimum absolute atomic E-state index is 0.775. The number of benzene rings is 1. The van der Waals surface area contributed by atoms with Crippen molar-refractivity contribution >= 4 is 24.1 Å². The number of rotatable bonds is 15. The number of carboxylic acid groups (broad SMARTS) is 2. The maximum Gasteiger partial charge on any atom is 0.328 e. The molecule has 1 rings (SSSR count). The second-order valence-corrected chi connectivity index (χ2v) is 7.28. The van der Waals surface area contributed by atoms with Gasteiger partial charge in [0.05, 0.1) is 0 Å². The van der Waals surface area contributed by atoms with Gasteiger partial charge in [0.15, 0.2) is 0 Å².